The SMILES string of the molecule is [CH2]C(CCCCCCCCCCCCCC)CCCCCCCCCC(C)CCC. The average molecular weight is 422 g/mol. The van der Waals surface area contributed by atoms with Crippen molar-refractivity contribution in [1.29, 1.82) is 0 Å². The first-order valence-corrected chi connectivity index (χ1v) is 14.5. The van der Waals surface area contributed by atoms with E-state index in [0.717, 1.165) is 5.92 Å². The van der Waals surface area contributed by atoms with Crippen LogP contribution < -0.4 is 0 Å². The molecule has 0 nitrogen and oxygen atoms in total. The van der Waals surface area contributed by atoms with Gasteiger partial charge in [-0.15, -0.1) is 0 Å². The molecule has 0 aliphatic carbocycles. The summed E-state index contributed by atoms with van der Waals surface area (Å²) in [7, 11) is 0. The van der Waals surface area contributed by atoms with Crippen LogP contribution in [0.5, 0.6) is 0 Å². The monoisotopic (exact) mass is 421 g/mol. The molecular formula is C30H61. The normalized spacial score (nSPS) is 13.6. The van der Waals surface area contributed by atoms with Gasteiger partial charge in [-0.3, -0.25) is 0 Å². The Kier molecular flexibility index (Phi) is 25.3. The van der Waals surface area contributed by atoms with E-state index in [9.17, 15) is 0 Å². The lowest BCUT2D eigenvalue weighted by Gasteiger charge is -2.11. The Morgan fingerprint density at radius 1 is 0.400 bits per heavy atom. The summed E-state index contributed by atoms with van der Waals surface area (Å²) in [6.07, 6.45) is 34.5. The number of hydrogen-bond donors (Lipinski definition) is 0. The van der Waals surface area contributed by atoms with Crippen molar-refractivity contribution in [2.24, 2.45) is 11.8 Å². The van der Waals surface area contributed by atoms with E-state index in [1.54, 1.807) is 0 Å². The highest BCUT2D eigenvalue weighted by Crippen LogP contribution is 2.20. The number of rotatable bonds is 25. The standard InChI is InChI=1S/C30H61/c1-5-7-8-9-10-11-12-13-14-16-20-23-27-30(4)28-24-21-18-15-17-19-22-26-29(3)25-6-2/h29-30H,4-28H2,1-3H3. The maximum Gasteiger partial charge on any atom is -0.0414 e. The second-order valence-corrected chi connectivity index (χ2v) is 10.5. The quantitative estimate of drug-likeness (QED) is 0.128. The van der Waals surface area contributed by atoms with Crippen LogP contribution in [0.2, 0.25) is 0 Å². The van der Waals surface area contributed by atoms with Gasteiger partial charge in [0.05, 0.1) is 0 Å². The Labute approximate surface area is 193 Å². The van der Waals surface area contributed by atoms with Gasteiger partial charge in [0.2, 0.25) is 0 Å². The molecule has 1 radical (unpaired) electrons. The second kappa shape index (κ2) is 25.3. The molecule has 0 aromatic rings. The molecule has 181 valence electrons. The fourth-order valence-corrected chi connectivity index (χ4v) is 4.87. The van der Waals surface area contributed by atoms with Crippen molar-refractivity contribution < 1.29 is 0 Å². The van der Waals surface area contributed by atoms with Gasteiger partial charge in [0.1, 0.15) is 0 Å². The van der Waals surface area contributed by atoms with E-state index >= 15 is 0 Å². The molecule has 0 spiro atoms. The number of hydrogen-bond acceptors (Lipinski definition) is 0. The third-order valence-electron chi connectivity index (χ3n) is 7.06. The van der Waals surface area contributed by atoms with Crippen LogP contribution in [0.3, 0.4) is 0 Å². The minimum Gasteiger partial charge on any atom is -0.0654 e. The summed E-state index contributed by atoms with van der Waals surface area (Å²) in [6, 6.07) is 0. The summed E-state index contributed by atoms with van der Waals surface area (Å²) >= 11 is 0. The van der Waals surface area contributed by atoms with Gasteiger partial charge in [-0.2, -0.15) is 0 Å². The molecule has 0 aliphatic rings. The van der Waals surface area contributed by atoms with Gasteiger partial charge in [0.15, 0.2) is 0 Å². The summed E-state index contributed by atoms with van der Waals surface area (Å²) in [6.45, 7) is 11.5. The van der Waals surface area contributed by atoms with Gasteiger partial charge in [-0.1, -0.05) is 182 Å². The fourth-order valence-electron chi connectivity index (χ4n) is 4.87. The Balaban J connectivity index is 3.18. The molecule has 0 fully saturated rings. The van der Waals surface area contributed by atoms with Crippen LogP contribution in [0.15, 0.2) is 0 Å². The van der Waals surface area contributed by atoms with Gasteiger partial charge < -0.3 is 0 Å². The molecule has 2 unspecified atom stereocenters. The molecule has 0 aromatic heterocycles. The van der Waals surface area contributed by atoms with Gasteiger partial charge in [-0.05, 0) is 11.8 Å². The molecule has 0 heterocycles. The van der Waals surface area contributed by atoms with Crippen LogP contribution in [-0.2, 0) is 0 Å². The highest BCUT2D eigenvalue weighted by atomic mass is 14.1. The molecule has 2 atom stereocenters. The predicted octanol–water partition coefficient (Wildman–Crippen LogP) is 11.5. The summed E-state index contributed by atoms with van der Waals surface area (Å²) in [5.74, 6) is 1.67. The van der Waals surface area contributed by atoms with Crippen LogP contribution in [0.25, 0.3) is 0 Å². The summed E-state index contributed by atoms with van der Waals surface area (Å²) in [4.78, 5) is 0. The van der Waals surface area contributed by atoms with Gasteiger partial charge >= 0.3 is 0 Å². The lowest BCUT2D eigenvalue weighted by Crippen LogP contribution is -1.96. The molecule has 0 rings (SSSR count). The predicted molar refractivity (Wildman–Crippen MR) is 140 cm³/mol. The van der Waals surface area contributed by atoms with Crippen molar-refractivity contribution in [2.45, 2.75) is 175 Å². The summed E-state index contributed by atoms with van der Waals surface area (Å²) < 4.78 is 0. The van der Waals surface area contributed by atoms with Crippen LogP contribution in [0, 0.1) is 18.8 Å². The van der Waals surface area contributed by atoms with Gasteiger partial charge in [0.25, 0.3) is 0 Å². The topological polar surface area (TPSA) is 0 Å². The first kappa shape index (κ1) is 30.0. The van der Waals surface area contributed by atoms with Crippen LogP contribution in [0.4, 0.5) is 0 Å². The zero-order chi connectivity index (χ0) is 22.1. The molecule has 0 saturated heterocycles. The van der Waals surface area contributed by atoms with Crippen molar-refractivity contribution in [1.82, 2.24) is 0 Å². The first-order chi connectivity index (χ1) is 14.7. The molecule has 0 aromatic carbocycles. The molecular weight excluding hydrogens is 360 g/mol. The maximum atomic E-state index is 4.42. The zero-order valence-electron chi connectivity index (χ0n) is 21.8. The minimum atomic E-state index is 0.716. The highest BCUT2D eigenvalue weighted by molar-refractivity contribution is 4.62. The molecule has 30 heavy (non-hydrogen) atoms. The Morgan fingerprint density at radius 2 is 0.733 bits per heavy atom. The van der Waals surface area contributed by atoms with Crippen molar-refractivity contribution in [3.63, 3.8) is 0 Å². The summed E-state index contributed by atoms with van der Waals surface area (Å²) in [5.41, 5.74) is 0. The van der Waals surface area contributed by atoms with E-state index in [1.165, 1.54) is 154 Å². The average Bonchev–Trinajstić information content (AvgIpc) is 2.73. The molecule has 0 amide bonds. The highest BCUT2D eigenvalue weighted by Gasteiger charge is 2.03. The van der Waals surface area contributed by atoms with Crippen LogP contribution in [0.1, 0.15) is 175 Å². The van der Waals surface area contributed by atoms with E-state index < -0.39 is 0 Å². The van der Waals surface area contributed by atoms with Gasteiger partial charge in [-0.25, -0.2) is 0 Å². The second-order valence-electron chi connectivity index (χ2n) is 10.5. The van der Waals surface area contributed by atoms with E-state index in [1.807, 2.05) is 0 Å². The molecule has 0 heteroatoms. The van der Waals surface area contributed by atoms with Crippen molar-refractivity contribution >= 4 is 0 Å². The van der Waals surface area contributed by atoms with Crippen molar-refractivity contribution in [3.8, 4) is 0 Å². The Bertz CT molecular complexity index is 294. The maximum absolute atomic E-state index is 4.42. The molecule has 0 N–H and O–H groups in total. The van der Waals surface area contributed by atoms with Crippen molar-refractivity contribution in [2.75, 3.05) is 0 Å². The Hall–Kier alpha value is 0. The van der Waals surface area contributed by atoms with E-state index in [2.05, 4.69) is 27.7 Å². The lowest BCUT2D eigenvalue weighted by molar-refractivity contribution is 0.444. The van der Waals surface area contributed by atoms with Crippen LogP contribution >= 0.6 is 0 Å². The van der Waals surface area contributed by atoms with E-state index in [-0.39, 0.29) is 0 Å². The van der Waals surface area contributed by atoms with Crippen molar-refractivity contribution in [3.05, 3.63) is 6.92 Å². The molecule has 0 saturated carbocycles. The van der Waals surface area contributed by atoms with Crippen LogP contribution in [-0.4, -0.2) is 0 Å². The third-order valence-corrected chi connectivity index (χ3v) is 7.06. The third kappa shape index (κ3) is 24.3. The fraction of sp³-hybridized carbons (Fsp3) is 0.967. The zero-order valence-corrected chi connectivity index (χ0v) is 21.8. The van der Waals surface area contributed by atoms with E-state index in [4.69, 9.17) is 0 Å². The number of unbranched alkanes of at least 4 members (excludes halogenated alkanes) is 17. The van der Waals surface area contributed by atoms with Gasteiger partial charge in [0, 0.05) is 0 Å². The largest absolute Gasteiger partial charge is 0.0654 e. The summed E-state index contributed by atoms with van der Waals surface area (Å²) in [5, 5.41) is 0. The van der Waals surface area contributed by atoms with E-state index in [0.29, 0.717) is 5.92 Å². The first-order valence-electron chi connectivity index (χ1n) is 14.5. The Morgan fingerprint density at radius 3 is 1.10 bits per heavy atom. The lowest BCUT2D eigenvalue weighted by atomic mass is 9.95. The minimum absolute atomic E-state index is 0.716. The molecule has 0 bridgehead atoms. The molecule has 0 aliphatic heterocycles. The smallest absolute Gasteiger partial charge is 0.0414 e.